The van der Waals surface area contributed by atoms with Gasteiger partial charge in [-0.15, -0.1) is 0 Å². The molecule has 0 saturated carbocycles. The average Bonchev–Trinajstić information content (AvgIpc) is 2.82. The van der Waals surface area contributed by atoms with Gasteiger partial charge in [0.25, 0.3) is 5.91 Å². The summed E-state index contributed by atoms with van der Waals surface area (Å²) in [5.41, 5.74) is 2.40. The van der Waals surface area contributed by atoms with Gasteiger partial charge in [0.05, 0.1) is 12.2 Å². The molecule has 3 rings (SSSR count). The van der Waals surface area contributed by atoms with E-state index in [9.17, 15) is 9.59 Å². The second kappa shape index (κ2) is 11.1. The molecule has 1 aliphatic rings. The fraction of sp³-hybridized carbons (Fsp3) is 0.480. The zero-order chi connectivity index (χ0) is 23.1. The second-order valence-electron chi connectivity index (χ2n) is 8.26. The van der Waals surface area contributed by atoms with E-state index in [2.05, 4.69) is 47.7 Å². The van der Waals surface area contributed by atoms with E-state index in [-0.39, 0.29) is 11.9 Å². The molecule has 1 aromatic heterocycles. The van der Waals surface area contributed by atoms with Crippen molar-refractivity contribution in [1.29, 1.82) is 0 Å². The number of carbonyl (C=O) groups excluding carboxylic acids is 2. The van der Waals surface area contributed by atoms with Gasteiger partial charge in [0, 0.05) is 50.5 Å². The number of esters is 1. The molecule has 1 aromatic carbocycles. The quantitative estimate of drug-likeness (QED) is 0.588. The molecule has 2 heterocycles. The Kier molecular flexibility index (Phi) is 8.22. The number of rotatable bonds is 8. The summed E-state index contributed by atoms with van der Waals surface area (Å²) in [6.45, 7) is 13.3. The van der Waals surface area contributed by atoms with Crippen molar-refractivity contribution >= 4 is 17.7 Å². The van der Waals surface area contributed by atoms with E-state index in [4.69, 9.17) is 4.74 Å². The lowest BCUT2D eigenvalue weighted by Crippen LogP contribution is -2.49. The van der Waals surface area contributed by atoms with Gasteiger partial charge in [-0.05, 0) is 57.1 Å². The van der Waals surface area contributed by atoms with Gasteiger partial charge in [0.1, 0.15) is 5.82 Å². The predicted octanol–water partition coefficient (Wildman–Crippen LogP) is 3.45. The molecule has 1 saturated heterocycles. The molecule has 0 spiro atoms. The van der Waals surface area contributed by atoms with Gasteiger partial charge < -0.3 is 14.5 Å². The van der Waals surface area contributed by atoms with Gasteiger partial charge in [0.2, 0.25) is 0 Å². The lowest BCUT2D eigenvalue weighted by atomic mass is 10.1. The van der Waals surface area contributed by atoms with Gasteiger partial charge in [-0.25, -0.2) is 9.78 Å². The minimum absolute atomic E-state index is 0.0676. The summed E-state index contributed by atoms with van der Waals surface area (Å²) in [6.07, 6.45) is 1.55. The van der Waals surface area contributed by atoms with Crippen molar-refractivity contribution in [3.05, 3.63) is 59.3 Å². The minimum atomic E-state index is -0.361. The number of hydrogen-bond acceptors (Lipinski definition) is 6. The van der Waals surface area contributed by atoms with E-state index in [0.717, 1.165) is 24.5 Å². The molecule has 0 radical (unpaired) electrons. The van der Waals surface area contributed by atoms with E-state index < -0.39 is 0 Å². The zero-order valence-corrected chi connectivity index (χ0v) is 19.6. The number of amides is 1. The van der Waals surface area contributed by atoms with Crippen LogP contribution in [0.3, 0.4) is 0 Å². The molecule has 0 bridgehead atoms. The third-order valence-electron chi connectivity index (χ3n) is 5.87. The Morgan fingerprint density at radius 2 is 1.66 bits per heavy atom. The van der Waals surface area contributed by atoms with E-state index in [1.807, 2.05) is 23.1 Å². The molecule has 7 nitrogen and oxygen atoms in total. The molecule has 0 unspecified atom stereocenters. The molecule has 1 aliphatic heterocycles. The number of benzene rings is 1. The third-order valence-corrected chi connectivity index (χ3v) is 5.87. The summed E-state index contributed by atoms with van der Waals surface area (Å²) < 4.78 is 5.00. The maximum absolute atomic E-state index is 13.0. The van der Waals surface area contributed by atoms with Crippen LogP contribution in [-0.2, 0) is 11.3 Å². The van der Waals surface area contributed by atoms with Crippen LogP contribution in [0.2, 0.25) is 0 Å². The second-order valence-corrected chi connectivity index (χ2v) is 8.26. The van der Waals surface area contributed by atoms with Crippen molar-refractivity contribution in [3.63, 3.8) is 0 Å². The normalized spacial score (nSPS) is 14.2. The first-order valence-corrected chi connectivity index (χ1v) is 11.4. The maximum Gasteiger partial charge on any atom is 0.339 e. The first-order chi connectivity index (χ1) is 15.4. The van der Waals surface area contributed by atoms with Gasteiger partial charge in [-0.2, -0.15) is 0 Å². The molecule has 2 aromatic rings. The van der Waals surface area contributed by atoms with Crippen LogP contribution < -0.4 is 4.90 Å². The van der Waals surface area contributed by atoms with Gasteiger partial charge in [-0.3, -0.25) is 9.69 Å². The molecule has 7 heteroatoms. The lowest BCUT2D eigenvalue weighted by molar-refractivity contribution is 0.0525. The lowest BCUT2D eigenvalue weighted by Gasteiger charge is -2.35. The molecule has 0 N–H and O–H groups in total. The number of hydrogen-bond donors (Lipinski definition) is 0. The van der Waals surface area contributed by atoms with E-state index in [1.54, 1.807) is 19.2 Å². The highest BCUT2D eigenvalue weighted by molar-refractivity contribution is 5.94. The number of ether oxygens (including phenoxy) is 1. The Balaban J connectivity index is 1.54. The summed E-state index contributed by atoms with van der Waals surface area (Å²) in [6, 6.07) is 12.1. The van der Waals surface area contributed by atoms with Gasteiger partial charge in [-0.1, -0.05) is 19.1 Å². The number of nitrogens with zero attached hydrogens (tertiary/aromatic N) is 4. The van der Waals surface area contributed by atoms with Crippen LogP contribution in [-0.4, -0.2) is 72.0 Å². The van der Waals surface area contributed by atoms with Crippen LogP contribution in [0, 0.1) is 0 Å². The zero-order valence-electron chi connectivity index (χ0n) is 19.6. The Morgan fingerprint density at radius 3 is 2.19 bits per heavy atom. The van der Waals surface area contributed by atoms with Crippen molar-refractivity contribution < 1.29 is 14.3 Å². The Morgan fingerprint density at radius 1 is 1.00 bits per heavy atom. The fourth-order valence-corrected chi connectivity index (χ4v) is 3.88. The molecule has 32 heavy (non-hydrogen) atoms. The third kappa shape index (κ3) is 5.85. The number of pyridine rings is 1. The van der Waals surface area contributed by atoms with Crippen molar-refractivity contribution in [2.45, 2.75) is 40.3 Å². The summed E-state index contributed by atoms with van der Waals surface area (Å²) in [7, 11) is 0. The van der Waals surface area contributed by atoms with Crippen molar-refractivity contribution in [1.82, 2.24) is 14.8 Å². The molecule has 172 valence electrons. The average molecular weight is 439 g/mol. The number of aromatic nitrogens is 1. The fourth-order valence-electron chi connectivity index (χ4n) is 3.88. The Bertz CT molecular complexity index is 888. The Hall–Kier alpha value is -2.93. The van der Waals surface area contributed by atoms with Crippen LogP contribution in [0.5, 0.6) is 0 Å². The maximum atomic E-state index is 13.0. The molecule has 1 fully saturated rings. The highest BCUT2D eigenvalue weighted by Gasteiger charge is 2.23. The minimum Gasteiger partial charge on any atom is -0.462 e. The van der Waals surface area contributed by atoms with E-state index in [0.29, 0.717) is 44.4 Å². The van der Waals surface area contributed by atoms with Crippen LogP contribution in [0.15, 0.2) is 42.6 Å². The molecular formula is C25H34N4O3. The van der Waals surface area contributed by atoms with Gasteiger partial charge in [0.15, 0.2) is 0 Å². The smallest absolute Gasteiger partial charge is 0.339 e. The summed E-state index contributed by atoms with van der Waals surface area (Å²) in [5.74, 6) is 0.512. The number of anilines is 1. The van der Waals surface area contributed by atoms with Crippen LogP contribution >= 0.6 is 0 Å². The monoisotopic (exact) mass is 438 g/mol. The first-order valence-electron chi connectivity index (χ1n) is 11.4. The molecular weight excluding hydrogens is 404 g/mol. The highest BCUT2D eigenvalue weighted by atomic mass is 16.5. The largest absolute Gasteiger partial charge is 0.462 e. The summed E-state index contributed by atoms with van der Waals surface area (Å²) >= 11 is 0. The molecule has 0 atom stereocenters. The molecule has 1 amide bonds. The number of carbonyl (C=O) groups is 2. The molecule has 0 aliphatic carbocycles. The first kappa shape index (κ1) is 23.7. The van der Waals surface area contributed by atoms with Gasteiger partial charge >= 0.3 is 5.97 Å². The van der Waals surface area contributed by atoms with Crippen LogP contribution in [0.25, 0.3) is 0 Å². The predicted molar refractivity (Wildman–Crippen MR) is 126 cm³/mol. The SMILES string of the molecule is CCOC(=O)c1ccc(N2CCN(C(=O)c3ccc(CN(CC)C(C)C)cc3)CC2)nc1. The standard InChI is InChI=1S/C25H34N4O3/c1-5-27(19(3)4)18-20-7-9-21(10-8-20)24(30)29-15-13-28(14-16-29)23-12-11-22(17-26-23)25(31)32-6-2/h7-12,17,19H,5-6,13-16,18H2,1-4H3. The Labute approximate surface area is 191 Å². The van der Waals surface area contributed by atoms with E-state index in [1.165, 1.54) is 5.56 Å². The van der Waals surface area contributed by atoms with Crippen LogP contribution in [0.4, 0.5) is 5.82 Å². The number of piperazine rings is 1. The van der Waals surface area contributed by atoms with Crippen LogP contribution in [0.1, 0.15) is 54.0 Å². The topological polar surface area (TPSA) is 66.0 Å². The van der Waals surface area contributed by atoms with E-state index >= 15 is 0 Å². The van der Waals surface area contributed by atoms with Crippen molar-refractivity contribution in [3.8, 4) is 0 Å². The van der Waals surface area contributed by atoms with Crippen molar-refractivity contribution in [2.24, 2.45) is 0 Å². The summed E-state index contributed by atoms with van der Waals surface area (Å²) in [4.78, 5) is 35.6. The summed E-state index contributed by atoms with van der Waals surface area (Å²) in [5, 5.41) is 0. The highest BCUT2D eigenvalue weighted by Crippen LogP contribution is 2.17. The van der Waals surface area contributed by atoms with Crippen molar-refractivity contribution in [2.75, 3.05) is 44.2 Å².